The van der Waals surface area contributed by atoms with Crippen LogP contribution in [0.4, 0.5) is 11.5 Å². The molecule has 6 heteroatoms. The zero-order valence-electron chi connectivity index (χ0n) is 11.1. The van der Waals surface area contributed by atoms with Crippen molar-refractivity contribution in [2.45, 2.75) is 31.7 Å². The molecule has 0 amide bonds. The number of hydrogen-bond acceptors (Lipinski definition) is 5. The van der Waals surface area contributed by atoms with Crippen molar-refractivity contribution in [1.29, 1.82) is 0 Å². The second kappa shape index (κ2) is 5.21. The van der Waals surface area contributed by atoms with E-state index in [1.165, 1.54) is 19.2 Å². The van der Waals surface area contributed by atoms with Crippen LogP contribution in [0.3, 0.4) is 0 Å². The average molecular weight is 263 g/mol. The first-order valence-electron chi connectivity index (χ1n) is 7.07. The second-order valence-electron chi connectivity index (χ2n) is 5.50. The third-order valence-electron chi connectivity index (χ3n) is 4.37. The summed E-state index contributed by atoms with van der Waals surface area (Å²) in [6.45, 7) is 3.03. The van der Waals surface area contributed by atoms with Crippen molar-refractivity contribution in [3.05, 3.63) is 16.7 Å². The molecule has 1 atom stereocenters. The van der Waals surface area contributed by atoms with E-state index in [4.69, 9.17) is 5.73 Å². The maximum atomic E-state index is 11.5. The molecule has 0 aliphatic carbocycles. The molecule has 6 nitrogen and oxygen atoms in total. The summed E-state index contributed by atoms with van der Waals surface area (Å²) < 4.78 is 0. The van der Waals surface area contributed by atoms with Crippen molar-refractivity contribution in [1.82, 2.24) is 15.3 Å². The van der Waals surface area contributed by atoms with Gasteiger partial charge in [-0.3, -0.25) is 4.79 Å². The molecule has 0 radical (unpaired) electrons. The number of hydrogen-bond donors (Lipinski definition) is 3. The fraction of sp³-hybridized carbons (Fsp3) is 0.692. The van der Waals surface area contributed by atoms with Crippen LogP contribution in [-0.4, -0.2) is 35.6 Å². The molecule has 0 bridgehead atoms. The minimum Gasteiger partial charge on any atom is -0.391 e. The van der Waals surface area contributed by atoms with Gasteiger partial charge in [0.15, 0.2) is 5.82 Å². The largest absolute Gasteiger partial charge is 0.391 e. The number of nitrogens with two attached hydrogens (primary N) is 1. The molecule has 2 aliphatic rings. The van der Waals surface area contributed by atoms with Gasteiger partial charge in [0.1, 0.15) is 5.69 Å². The number of nitrogens with one attached hydrogen (secondary N) is 2. The molecular formula is C13H21N5O. The minimum absolute atomic E-state index is 0.236. The van der Waals surface area contributed by atoms with Gasteiger partial charge in [0.2, 0.25) is 0 Å². The molecule has 3 rings (SSSR count). The van der Waals surface area contributed by atoms with Crippen molar-refractivity contribution >= 4 is 11.5 Å². The normalized spacial score (nSPS) is 24.8. The number of piperidine rings is 1. The number of anilines is 2. The molecule has 1 aromatic heterocycles. The first-order valence-corrected chi connectivity index (χ1v) is 7.07. The van der Waals surface area contributed by atoms with Crippen LogP contribution in [0.2, 0.25) is 0 Å². The van der Waals surface area contributed by atoms with E-state index in [0.717, 1.165) is 38.4 Å². The molecule has 104 valence electrons. The smallest absolute Gasteiger partial charge is 0.276 e. The van der Waals surface area contributed by atoms with E-state index in [-0.39, 0.29) is 11.2 Å². The van der Waals surface area contributed by atoms with Gasteiger partial charge in [0.25, 0.3) is 5.56 Å². The van der Waals surface area contributed by atoms with Gasteiger partial charge in [-0.2, -0.15) is 0 Å². The van der Waals surface area contributed by atoms with Crippen LogP contribution < -0.4 is 21.5 Å². The van der Waals surface area contributed by atoms with Crippen LogP contribution in [0.1, 0.15) is 25.7 Å². The third kappa shape index (κ3) is 2.45. The number of aromatic nitrogens is 2. The molecule has 0 saturated carbocycles. The first-order chi connectivity index (χ1) is 9.25. The molecule has 0 aromatic carbocycles. The predicted octanol–water partition coefficient (Wildman–Crippen LogP) is 0.321. The van der Waals surface area contributed by atoms with Gasteiger partial charge in [-0.15, -0.1) is 0 Å². The van der Waals surface area contributed by atoms with Crippen molar-refractivity contribution in [2.75, 3.05) is 30.3 Å². The Morgan fingerprint density at radius 1 is 1.32 bits per heavy atom. The Labute approximate surface area is 112 Å². The van der Waals surface area contributed by atoms with Gasteiger partial charge in [0.05, 0.1) is 6.33 Å². The maximum absolute atomic E-state index is 11.5. The number of nitrogen functional groups attached to an aromatic ring is 1. The highest BCUT2D eigenvalue weighted by Crippen LogP contribution is 2.28. The van der Waals surface area contributed by atoms with E-state index < -0.39 is 0 Å². The van der Waals surface area contributed by atoms with Crippen molar-refractivity contribution in [3.63, 3.8) is 0 Å². The van der Waals surface area contributed by atoms with E-state index in [0.29, 0.717) is 11.9 Å². The number of rotatable bonds is 2. The fourth-order valence-electron chi connectivity index (χ4n) is 3.28. The van der Waals surface area contributed by atoms with Crippen LogP contribution in [0.25, 0.3) is 0 Å². The lowest BCUT2D eigenvalue weighted by Crippen LogP contribution is -2.41. The molecule has 2 aliphatic heterocycles. The molecule has 4 N–H and O–H groups in total. The SMILES string of the molecule is Nc1c(N2CCC(C3CCCN3)CC2)nc[nH]c1=O. The van der Waals surface area contributed by atoms with Gasteiger partial charge < -0.3 is 20.9 Å². The van der Waals surface area contributed by atoms with Crippen LogP contribution >= 0.6 is 0 Å². The Balaban J connectivity index is 1.66. The Bertz CT molecular complexity index is 486. The molecule has 3 heterocycles. The molecule has 1 aromatic rings. The van der Waals surface area contributed by atoms with E-state index in [1.807, 2.05) is 0 Å². The van der Waals surface area contributed by atoms with Crippen LogP contribution in [0.5, 0.6) is 0 Å². The summed E-state index contributed by atoms with van der Waals surface area (Å²) in [5.74, 6) is 1.39. The topological polar surface area (TPSA) is 87.0 Å². The van der Waals surface area contributed by atoms with Gasteiger partial charge in [-0.05, 0) is 38.1 Å². The minimum atomic E-state index is -0.246. The zero-order chi connectivity index (χ0) is 13.2. The summed E-state index contributed by atoms with van der Waals surface area (Å²) >= 11 is 0. The fourth-order valence-corrected chi connectivity index (χ4v) is 3.28. The van der Waals surface area contributed by atoms with Gasteiger partial charge >= 0.3 is 0 Å². The Hall–Kier alpha value is -1.56. The molecule has 19 heavy (non-hydrogen) atoms. The summed E-state index contributed by atoms with van der Waals surface area (Å²) in [6.07, 6.45) is 6.32. The lowest BCUT2D eigenvalue weighted by molar-refractivity contribution is 0.318. The highest BCUT2D eigenvalue weighted by molar-refractivity contribution is 5.60. The van der Waals surface area contributed by atoms with E-state index >= 15 is 0 Å². The average Bonchev–Trinajstić information content (AvgIpc) is 2.96. The van der Waals surface area contributed by atoms with Gasteiger partial charge in [-0.1, -0.05) is 0 Å². The number of nitrogens with zero attached hydrogens (tertiary/aromatic N) is 2. The molecule has 0 spiro atoms. The molecule has 2 saturated heterocycles. The highest BCUT2D eigenvalue weighted by atomic mass is 16.1. The quantitative estimate of drug-likeness (QED) is 0.715. The van der Waals surface area contributed by atoms with Crippen LogP contribution in [0.15, 0.2) is 11.1 Å². The van der Waals surface area contributed by atoms with Crippen molar-refractivity contribution < 1.29 is 0 Å². The molecule has 2 fully saturated rings. The van der Waals surface area contributed by atoms with Crippen LogP contribution in [0, 0.1) is 5.92 Å². The number of aromatic amines is 1. The Kier molecular flexibility index (Phi) is 3.42. The summed E-state index contributed by atoms with van der Waals surface area (Å²) in [4.78, 5) is 20.4. The second-order valence-corrected chi connectivity index (χ2v) is 5.50. The van der Waals surface area contributed by atoms with E-state index in [1.54, 1.807) is 0 Å². The standard InChI is InChI=1S/C13H21N5O/c14-11-12(16-8-17-13(11)19)18-6-3-9(4-7-18)10-2-1-5-15-10/h8-10,15H,1-7,14H2,(H,16,17,19). The monoisotopic (exact) mass is 263 g/mol. The zero-order valence-corrected chi connectivity index (χ0v) is 11.1. The lowest BCUT2D eigenvalue weighted by Gasteiger charge is -2.35. The summed E-state index contributed by atoms with van der Waals surface area (Å²) in [5.41, 5.74) is 5.80. The molecular weight excluding hydrogens is 242 g/mol. The van der Waals surface area contributed by atoms with Gasteiger partial charge in [0, 0.05) is 19.1 Å². The highest BCUT2D eigenvalue weighted by Gasteiger charge is 2.29. The number of H-pyrrole nitrogens is 1. The Morgan fingerprint density at radius 2 is 2.11 bits per heavy atom. The lowest BCUT2D eigenvalue weighted by atomic mass is 9.88. The van der Waals surface area contributed by atoms with E-state index in [9.17, 15) is 4.79 Å². The summed E-state index contributed by atoms with van der Waals surface area (Å²) in [6, 6.07) is 0.687. The Morgan fingerprint density at radius 3 is 2.79 bits per heavy atom. The predicted molar refractivity (Wildman–Crippen MR) is 75.2 cm³/mol. The summed E-state index contributed by atoms with van der Waals surface area (Å²) in [7, 11) is 0. The van der Waals surface area contributed by atoms with E-state index in [2.05, 4.69) is 20.2 Å². The summed E-state index contributed by atoms with van der Waals surface area (Å²) in [5, 5.41) is 3.59. The van der Waals surface area contributed by atoms with Crippen molar-refractivity contribution in [2.24, 2.45) is 5.92 Å². The van der Waals surface area contributed by atoms with Gasteiger partial charge in [-0.25, -0.2) is 4.98 Å². The maximum Gasteiger partial charge on any atom is 0.276 e. The van der Waals surface area contributed by atoms with Crippen LogP contribution in [-0.2, 0) is 0 Å². The third-order valence-corrected chi connectivity index (χ3v) is 4.37. The molecule has 1 unspecified atom stereocenters. The van der Waals surface area contributed by atoms with Crippen molar-refractivity contribution in [3.8, 4) is 0 Å². The first kappa shape index (κ1) is 12.5.